The van der Waals surface area contributed by atoms with Gasteiger partial charge in [0, 0.05) is 35.3 Å². The van der Waals surface area contributed by atoms with Crippen molar-refractivity contribution in [2.45, 2.75) is 0 Å². The predicted octanol–water partition coefficient (Wildman–Crippen LogP) is 11.2. The Labute approximate surface area is 266 Å². The lowest BCUT2D eigenvalue weighted by molar-refractivity contribution is 1.33. The van der Waals surface area contributed by atoms with E-state index in [1.165, 1.54) is 27.1 Å². The summed E-state index contributed by atoms with van der Waals surface area (Å²) in [6, 6.07) is 51.4. The molecule has 0 radical (unpaired) electrons. The highest BCUT2D eigenvalue weighted by Crippen LogP contribution is 2.47. The SMILES string of the molecule is c1ccc(-c2c3ccccc3c(-c3ccc4c(-c5ccccn5)c5ccccc5c(-c5ccccn5)c4c3)c3ccccc23)nc1. The first-order chi connectivity index (χ1) is 22.9. The van der Waals surface area contributed by atoms with Crippen molar-refractivity contribution in [3.8, 4) is 44.9 Å². The Bertz CT molecular complexity index is 2500. The third-order valence-electron chi connectivity index (χ3n) is 9.01. The second-order valence-electron chi connectivity index (χ2n) is 11.5. The number of nitrogens with zero attached hydrogens (tertiary/aromatic N) is 3. The summed E-state index contributed by atoms with van der Waals surface area (Å²) in [7, 11) is 0. The van der Waals surface area contributed by atoms with Gasteiger partial charge in [-0.15, -0.1) is 0 Å². The summed E-state index contributed by atoms with van der Waals surface area (Å²) in [6.45, 7) is 0. The van der Waals surface area contributed by atoms with Gasteiger partial charge in [-0.05, 0) is 96.7 Å². The highest BCUT2D eigenvalue weighted by Gasteiger charge is 2.21. The summed E-state index contributed by atoms with van der Waals surface area (Å²) in [5.74, 6) is 0. The molecule has 0 unspecified atom stereocenters. The molecule has 0 saturated heterocycles. The van der Waals surface area contributed by atoms with Crippen LogP contribution >= 0.6 is 0 Å². The molecular formula is C43H27N3. The van der Waals surface area contributed by atoms with Crippen molar-refractivity contribution in [2.75, 3.05) is 0 Å². The van der Waals surface area contributed by atoms with Gasteiger partial charge in [0.05, 0.1) is 17.1 Å². The molecule has 3 heteroatoms. The van der Waals surface area contributed by atoms with E-state index < -0.39 is 0 Å². The number of benzene rings is 6. The van der Waals surface area contributed by atoms with Crippen LogP contribution in [-0.2, 0) is 0 Å². The van der Waals surface area contributed by atoms with Gasteiger partial charge in [-0.2, -0.15) is 0 Å². The average Bonchev–Trinajstić information content (AvgIpc) is 3.13. The third-order valence-corrected chi connectivity index (χ3v) is 9.01. The van der Waals surface area contributed by atoms with Crippen molar-refractivity contribution in [2.24, 2.45) is 0 Å². The highest BCUT2D eigenvalue weighted by atomic mass is 14.7. The standard InChI is InChI=1S/C43H27N3/c1-3-15-31-29(13-1)40(30-14-2-4-16-32(30)41(31)37-19-7-10-24-44-37)28-22-23-35-36(27-28)43(39-21-9-12-26-46-39)34-18-6-5-17-33(34)42(35)38-20-8-11-25-45-38/h1-27H. The molecule has 0 atom stereocenters. The van der Waals surface area contributed by atoms with Crippen molar-refractivity contribution in [1.29, 1.82) is 0 Å². The predicted molar refractivity (Wildman–Crippen MR) is 192 cm³/mol. The van der Waals surface area contributed by atoms with Gasteiger partial charge in [0.1, 0.15) is 0 Å². The first kappa shape index (κ1) is 26.2. The summed E-state index contributed by atoms with van der Waals surface area (Å²) < 4.78 is 0. The van der Waals surface area contributed by atoms with Crippen LogP contribution in [0.1, 0.15) is 0 Å². The molecule has 0 saturated carbocycles. The van der Waals surface area contributed by atoms with E-state index in [-0.39, 0.29) is 0 Å². The monoisotopic (exact) mass is 585 g/mol. The van der Waals surface area contributed by atoms with Crippen molar-refractivity contribution in [3.63, 3.8) is 0 Å². The number of pyridine rings is 3. The van der Waals surface area contributed by atoms with Gasteiger partial charge in [0.2, 0.25) is 0 Å². The summed E-state index contributed by atoms with van der Waals surface area (Å²) in [6.07, 6.45) is 5.63. The van der Waals surface area contributed by atoms with Gasteiger partial charge in [0.15, 0.2) is 0 Å². The lowest BCUT2D eigenvalue weighted by atomic mass is 9.84. The van der Waals surface area contributed by atoms with Crippen LogP contribution in [-0.4, -0.2) is 15.0 Å². The Hall–Kier alpha value is -6.19. The Balaban J connectivity index is 1.44. The Morgan fingerprint density at radius 3 is 0.957 bits per heavy atom. The van der Waals surface area contributed by atoms with Gasteiger partial charge >= 0.3 is 0 Å². The van der Waals surface area contributed by atoms with Gasteiger partial charge in [-0.3, -0.25) is 15.0 Å². The average molecular weight is 586 g/mol. The molecule has 3 heterocycles. The fraction of sp³-hybridized carbons (Fsp3) is 0. The minimum absolute atomic E-state index is 0.952. The topological polar surface area (TPSA) is 38.7 Å². The zero-order valence-corrected chi connectivity index (χ0v) is 24.9. The van der Waals surface area contributed by atoms with Crippen molar-refractivity contribution < 1.29 is 0 Å². The second-order valence-corrected chi connectivity index (χ2v) is 11.5. The lowest BCUT2D eigenvalue weighted by Gasteiger charge is -2.20. The van der Waals surface area contributed by atoms with E-state index >= 15 is 0 Å². The van der Waals surface area contributed by atoms with E-state index in [2.05, 4.69) is 127 Å². The molecule has 0 amide bonds. The van der Waals surface area contributed by atoms with Crippen LogP contribution in [0.25, 0.3) is 88.0 Å². The largest absolute Gasteiger partial charge is 0.256 e. The van der Waals surface area contributed by atoms with E-state index in [9.17, 15) is 0 Å². The second kappa shape index (κ2) is 10.8. The molecule has 6 aromatic carbocycles. The van der Waals surface area contributed by atoms with Crippen LogP contribution in [0, 0.1) is 0 Å². The molecule has 0 N–H and O–H groups in total. The number of hydrogen-bond donors (Lipinski definition) is 0. The molecule has 0 aliphatic carbocycles. The summed E-state index contributed by atoms with van der Waals surface area (Å²) >= 11 is 0. The van der Waals surface area contributed by atoms with Gasteiger partial charge in [-0.25, -0.2) is 0 Å². The molecule has 3 aromatic heterocycles. The number of hydrogen-bond acceptors (Lipinski definition) is 3. The highest BCUT2D eigenvalue weighted by molar-refractivity contribution is 6.24. The Morgan fingerprint density at radius 1 is 0.261 bits per heavy atom. The van der Waals surface area contributed by atoms with Crippen LogP contribution < -0.4 is 0 Å². The van der Waals surface area contributed by atoms with Crippen LogP contribution in [0.3, 0.4) is 0 Å². The molecule has 46 heavy (non-hydrogen) atoms. The van der Waals surface area contributed by atoms with E-state index in [1.807, 2.05) is 36.8 Å². The molecule has 0 fully saturated rings. The van der Waals surface area contributed by atoms with Crippen molar-refractivity contribution in [1.82, 2.24) is 15.0 Å². The Kier molecular flexibility index (Phi) is 6.14. The molecule has 214 valence electrons. The molecule has 0 bridgehead atoms. The first-order valence-electron chi connectivity index (χ1n) is 15.5. The quantitative estimate of drug-likeness (QED) is 0.193. The molecule has 0 spiro atoms. The molecule has 0 aliphatic rings. The molecule has 3 nitrogen and oxygen atoms in total. The maximum Gasteiger partial charge on any atom is 0.0714 e. The van der Waals surface area contributed by atoms with Gasteiger partial charge in [-0.1, -0.05) is 103 Å². The number of fused-ring (bicyclic) bond motifs is 4. The molecule has 9 aromatic rings. The maximum atomic E-state index is 4.88. The van der Waals surface area contributed by atoms with Crippen molar-refractivity contribution in [3.05, 3.63) is 164 Å². The minimum Gasteiger partial charge on any atom is -0.256 e. The smallest absolute Gasteiger partial charge is 0.0714 e. The van der Waals surface area contributed by atoms with E-state index in [4.69, 9.17) is 15.0 Å². The minimum atomic E-state index is 0.952. The summed E-state index contributed by atoms with van der Waals surface area (Å²) in [4.78, 5) is 14.5. The normalized spacial score (nSPS) is 11.5. The fourth-order valence-electron chi connectivity index (χ4n) is 7.13. The first-order valence-corrected chi connectivity index (χ1v) is 15.5. The molecule has 9 rings (SSSR count). The van der Waals surface area contributed by atoms with Gasteiger partial charge < -0.3 is 0 Å². The van der Waals surface area contributed by atoms with E-state index in [1.54, 1.807) is 0 Å². The summed E-state index contributed by atoms with van der Waals surface area (Å²) in [5.41, 5.74) is 8.69. The summed E-state index contributed by atoms with van der Waals surface area (Å²) in [5, 5.41) is 9.40. The number of rotatable bonds is 4. The van der Waals surface area contributed by atoms with Crippen LogP contribution in [0.4, 0.5) is 0 Å². The molecule has 0 aliphatic heterocycles. The van der Waals surface area contributed by atoms with E-state index in [0.717, 1.165) is 60.9 Å². The zero-order chi connectivity index (χ0) is 30.5. The third kappa shape index (κ3) is 4.10. The van der Waals surface area contributed by atoms with Crippen LogP contribution in [0.15, 0.2) is 164 Å². The van der Waals surface area contributed by atoms with Crippen LogP contribution in [0.5, 0.6) is 0 Å². The van der Waals surface area contributed by atoms with Crippen LogP contribution in [0.2, 0.25) is 0 Å². The molecular weight excluding hydrogens is 558 g/mol. The fourth-order valence-corrected chi connectivity index (χ4v) is 7.13. The van der Waals surface area contributed by atoms with Gasteiger partial charge in [0.25, 0.3) is 0 Å². The maximum absolute atomic E-state index is 4.88. The van der Waals surface area contributed by atoms with E-state index in [0.29, 0.717) is 0 Å². The number of aromatic nitrogens is 3. The lowest BCUT2D eigenvalue weighted by Crippen LogP contribution is -1.95. The Morgan fingerprint density at radius 2 is 0.587 bits per heavy atom. The zero-order valence-electron chi connectivity index (χ0n) is 24.9. The van der Waals surface area contributed by atoms with Crippen molar-refractivity contribution >= 4 is 43.1 Å².